The molecule has 80 valence electrons. The molecule has 0 atom stereocenters. The van der Waals surface area contributed by atoms with E-state index in [0.29, 0.717) is 11.4 Å². The Morgan fingerprint density at radius 1 is 1.33 bits per heavy atom. The van der Waals surface area contributed by atoms with E-state index in [1.165, 1.54) is 12.1 Å². The highest BCUT2D eigenvalue weighted by Crippen LogP contribution is 2.15. The molecule has 0 aromatic heterocycles. The lowest BCUT2D eigenvalue weighted by Gasteiger charge is -1.94. The van der Waals surface area contributed by atoms with E-state index in [0.717, 1.165) is 11.9 Å². The Morgan fingerprint density at radius 2 is 2.00 bits per heavy atom. The minimum Gasteiger partial charge on any atom is -0.478 e. The summed E-state index contributed by atoms with van der Waals surface area (Å²) in [4.78, 5) is 10.5. The van der Waals surface area contributed by atoms with Gasteiger partial charge in [0, 0.05) is 5.75 Å². The molecule has 1 aromatic carbocycles. The topological polar surface area (TPSA) is 82.2 Å². The van der Waals surface area contributed by atoms with Crippen LogP contribution < -0.4 is 0 Å². The fourth-order valence-corrected chi connectivity index (χ4v) is 1.14. The minimum absolute atomic E-state index is 0.0572. The van der Waals surface area contributed by atoms with E-state index in [9.17, 15) is 4.79 Å². The molecule has 0 aliphatic carbocycles. The molecule has 0 aliphatic rings. The van der Waals surface area contributed by atoms with Crippen molar-refractivity contribution in [2.45, 2.75) is 0 Å². The van der Waals surface area contributed by atoms with Crippen molar-refractivity contribution < 1.29 is 15.0 Å². The number of carboxylic acids is 1. The van der Waals surface area contributed by atoms with Crippen LogP contribution in [0.5, 0.6) is 0 Å². The molecule has 0 unspecified atom stereocenters. The minimum atomic E-state index is -0.965. The third-order valence-corrected chi connectivity index (χ3v) is 2.07. The maximum atomic E-state index is 10.5. The summed E-state index contributed by atoms with van der Waals surface area (Å²) in [6.45, 7) is 0.0572. The quantitative estimate of drug-likeness (QED) is 0.457. The highest BCUT2D eigenvalue weighted by Gasteiger charge is 2.00. The van der Waals surface area contributed by atoms with Crippen molar-refractivity contribution >= 4 is 23.6 Å². The van der Waals surface area contributed by atoms with Gasteiger partial charge in [-0.3, -0.25) is 0 Å². The number of hydrogen-bond donors (Lipinski definition) is 2. The van der Waals surface area contributed by atoms with Gasteiger partial charge in [0.15, 0.2) is 0 Å². The molecule has 1 aromatic rings. The number of hydrogen-bond acceptors (Lipinski definition) is 5. The molecule has 15 heavy (non-hydrogen) atoms. The Labute approximate surface area is 91.0 Å². The van der Waals surface area contributed by atoms with Gasteiger partial charge in [0.1, 0.15) is 0 Å². The molecule has 0 bridgehead atoms. The van der Waals surface area contributed by atoms with E-state index in [1.54, 1.807) is 12.1 Å². The maximum Gasteiger partial charge on any atom is 0.335 e. The van der Waals surface area contributed by atoms with Gasteiger partial charge >= 0.3 is 5.97 Å². The van der Waals surface area contributed by atoms with E-state index < -0.39 is 5.97 Å². The molecular formula is C9H10N2O3S. The zero-order valence-electron chi connectivity index (χ0n) is 7.83. The van der Waals surface area contributed by atoms with E-state index in [1.807, 2.05) is 0 Å². The molecule has 0 heterocycles. The van der Waals surface area contributed by atoms with Crippen molar-refractivity contribution in [1.82, 2.24) is 0 Å². The summed E-state index contributed by atoms with van der Waals surface area (Å²) < 4.78 is 3.74. The van der Waals surface area contributed by atoms with Gasteiger partial charge in [-0.1, -0.05) is 0 Å². The van der Waals surface area contributed by atoms with Crippen LogP contribution in [-0.4, -0.2) is 28.5 Å². The summed E-state index contributed by atoms with van der Waals surface area (Å²) in [5.74, 6) is -0.468. The summed E-state index contributed by atoms with van der Waals surface area (Å²) in [5, 5.41) is 20.9. The van der Waals surface area contributed by atoms with Crippen LogP contribution in [-0.2, 0) is 0 Å². The third kappa shape index (κ3) is 4.09. The van der Waals surface area contributed by atoms with Gasteiger partial charge in [-0.05, 0) is 36.2 Å². The van der Waals surface area contributed by atoms with E-state index in [2.05, 4.69) is 9.63 Å². The largest absolute Gasteiger partial charge is 0.478 e. The van der Waals surface area contributed by atoms with Crippen molar-refractivity contribution in [2.75, 3.05) is 12.4 Å². The molecule has 5 nitrogen and oxygen atoms in total. The van der Waals surface area contributed by atoms with Gasteiger partial charge in [-0.2, -0.15) is 0 Å². The van der Waals surface area contributed by atoms with Gasteiger partial charge < -0.3 is 10.2 Å². The first-order valence-electron chi connectivity index (χ1n) is 4.21. The van der Waals surface area contributed by atoms with Crippen LogP contribution >= 0.6 is 11.9 Å². The van der Waals surface area contributed by atoms with Crippen molar-refractivity contribution in [2.24, 2.45) is 9.63 Å². The Hall–Kier alpha value is -1.40. The van der Waals surface area contributed by atoms with E-state index >= 15 is 0 Å². The van der Waals surface area contributed by atoms with Gasteiger partial charge in [0.2, 0.25) is 0 Å². The zero-order valence-corrected chi connectivity index (χ0v) is 8.65. The number of rotatable bonds is 5. The zero-order chi connectivity index (χ0) is 11.1. The highest BCUT2D eigenvalue weighted by molar-refractivity contribution is 7.97. The fourth-order valence-electron chi connectivity index (χ4n) is 0.828. The Bertz CT molecular complexity index is 351. The first kappa shape index (κ1) is 11.7. The summed E-state index contributed by atoms with van der Waals surface area (Å²) >= 11 is 1.15. The van der Waals surface area contributed by atoms with Crippen LogP contribution in [0.3, 0.4) is 0 Å². The predicted octanol–water partition coefficient (Wildman–Crippen LogP) is 2.11. The number of aromatic carboxylic acids is 1. The predicted molar refractivity (Wildman–Crippen MR) is 57.5 cm³/mol. The molecule has 0 spiro atoms. The van der Waals surface area contributed by atoms with Crippen LogP contribution in [0.4, 0.5) is 5.69 Å². The van der Waals surface area contributed by atoms with Crippen LogP contribution in [0.25, 0.3) is 0 Å². The van der Waals surface area contributed by atoms with Crippen molar-refractivity contribution in [1.29, 1.82) is 0 Å². The number of aliphatic hydroxyl groups is 1. The van der Waals surface area contributed by atoms with Gasteiger partial charge in [-0.15, -0.1) is 9.63 Å². The Morgan fingerprint density at radius 3 is 2.53 bits per heavy atom. The first-order chi connectivity index (χ1) is 7.24. The van der Waals surface area contributed by atoms with Crippen LogP contribution in [0.1, 0.15) is 10.4 Å². The van der Waals surface area contributed by atoms with Gasteiger partial charge in [-0.25, -0.2) is 4.79 Å². The number of carbonyl (C=O) groups is 1. The molecule has 0 amide bonds. The average molecular weight is 226 g/mol. The van der Waals surface area contributed by atoms with Crippen LogP contribution in [0.15, 0.2) is 33.9 Å². The van der Waals surface area contributed by atoms with Crippen molar-refractivity contribution in [3.8, 4) is 0 Å². The summed E-state index contributed by atoms with van der Waals surface area (Å²) in [7, 11) is 0. The molecule has 0 saturated carbocycles. The fraction of sp³-hybridized carbons (Fsp3) is 0.222. The lowest BCUT2D eigenvalue weighted by atomic mass is 10.2. The number of aliphatic hydroxyl groups excluding tert-OH is 1. The number of benzene rings is 1. The lowest BCUT2D eigenvalue weighted by molar-refractivity contribution is 0.0697. The van der Waals surface area contributed by atoms with Gasteiger partial charge in [0.25, 0.3) is 0 Å². The summed E-state index contributed by atoms with van der Waals surface area (Å²) in [5.41, 5.74) is 0.808. The molecule has 6 heteroatoms. The second-order valence-electron chi connectivity index (χ2n) is 2.59. The maximum absolute atomic E-state index is 10.5. The average Bonchev–Trinajstić information content (AvgIpc) is 2.25. The molecule has 0 saturated heterocycles. The monoisotopic (exact) mass is 226 g/mol. The van der Waals surface area contributed by atoms with E-state index in [4.69, 9.17) is 10.2 Å². The molecule has 0 aliphatic heterocycles. The second kappa shape index (κ2) is 6.15. The lowest BCUT2D eigenvalue weighted by Crippen LogP contribution is -1.93. The molecule has 0 fully saturated rings. The van der Waals surface area contributed by atoms with Crippen molar-refractivity contribution in [3.63, 3.8) is 0 Å². The second-order valence-corrected chi connectivity index (χ2v) is 3.42. The normalized spacial score (nSPS) is 10.7. The smallest absolute Gasteiger partial charge is 0.335 e. The molecule has 2 N–H and O–H groups in total. The third-order valence-electron chi connectivity index (χ3n) is 1.51. The van der Waals surface area contributed by atoms with Gasteiger partial charge in [0.05, 0.1) is 17.9 Å². The number of carboxylic acid groups (broad SMARTS) is 1. The van der Waals surface area contributed by atoms with Crippen molar-refractivity contribution in [3.05, 3.63) is 29.8 Å². The molecule has 1 rings (SSSR count). The Balaban J connectivity index is 2.56. The van der Waals surface area contributed by atoms with Crippen LogP contribution in [0, 0.1) is 0 Å². The summed E-state index contributed by atoms with van der Waals surface area (Å²) in [6.07, 6.45) is 0. The molecular weight excluding hydrogens is 216 g/mol. The highest BCUT2D eigenvalue weighted by atomic mass is 32.2. The van der Waals surface area contributed by atoms with E-state index in [-0.39, 0.29) is 12.2 Å². The standard InChI is InChI=1S/C9H10N2O3S/c12-5-6-15-11-10-8-3-1-7(2-4-8)9(13)14/h1-4,12H,5-6H2,(H,13,14). The summed E-state index contributed by atoms with van der Waals surface area (Å²) in [6, 6.07) is 6.08. The molecule has 0 radical (unpaired) electrons. The van der Waals surface area contributed by atoms with Crippen LogP contribution in [0.2, 0.25) is 0 Å². The number of nitrogens with zero attached hydrogens (tertiary/aromatic N) is 2. The first-order valence-corrected chi connectivity index (χ1v) is 5.15. The Kier molecular flexibility index (Phi) is 4.79. The SMILES string of the molecule is O=C(O)c1ccc(N=NSCCO)cc1.